The van der Waals surface area contributed by atoms with Gasteiger partial charge in [0.2, 0.25) is 5.91 Å². The summed E-state index contributed by atoms with van der Waals surface area (Å²) >= 11 is 0. The lowest BCUT2D eigenvalue weighted by Gasteiger charge is -2.37. The third kappa shape index (κ3) is 3.40. The van der Waals surface area contributed by atoms with Crippen molar-refractivity contribution in [2.75, 3.05) is 19.7 Å². The van der Waals surface area contributed by atoms with Gasteiger partial charge in [-0.3, -0.25) is 4.79 Å². The Morgan fingerprint density at radius 3 is 2.88 bits per heavy atom. The van der Waals surface area contributed by atoms with Crippen LogP contribution in [0, 0.1) is 12.3 Å². The fourth-order valence-corrected chi connectivity index (χ4v) is 3.56. The SMILES string of the molecule is Cc1cc2c(o1)CC(C)(C)C[C@@H]2NC(=O)N1CCO[C@H](C(N)=O)C1. The average molecular weight is 335 g/mol. The molecule has 0 aromatic carbocycles. The van der Waals surface area contributed by atoms with E-state index in [-0.39, 0.29) is 24.0 Å². The summed E-state index contributed by atoms with van der Waals surface area (Å²) < 4.78 is 11.1. The summed E-state index contributed by atoms with van der Waals surface area (Å²) in [5.74, 6) is 1.27. The van der Waals surface area contributed by atoms with Gasteiger partial charge in [0.1, 0.15) is 11.5 Å². The molecular weight excluding hydrogens is 310 g/mol. The number of carbonyl (C=O) groups is 2. The predicted octanol–water partition coefficient (Wildman–Crippen LogP) is 1.50. The monoisotopic (exact) mass is 335 g/mol. The van der Waals surface area contributed by atoms with Gasteiger partial charge in [0, 0.05) is 18.5 Å². The van der Waals surface area contributed by atoms with E-state index in [2.05, 4.69) is 19.2 Å². The summed E-state index contributed by atoms with van der Waals surface area (Å²) in [4.78, 5) is 25.5. The predicted molar refractivity (Wildman–Crippen MR) is 87.3 cm³/mol. The number of primary amides is 1. The molecule has 3 rings (SSSR count). The van der Waals surface area contributed by atoms with Gasteiger partial charge in [-0.05, 0) is 24.8 Å². The third-order valence-corrected chi connectivity index (χ3v) is 4.70. The number of nitrogens with two attached hydrogens (primary N) is 1. The zero-order valence-corrected chi connectivity index (χ0v) is 14.4. The lowest BCUT2D eigenvalue weighted by Crippen LogP contribution is -2.54. The zero-order chi connectivity index (χ0) is 17.5. The van der Waals surface area contributed by atoms with Crippen LogP contribution in [0.1, 0.15) is 43.4 Å². The van der Waals surface area contributed by atoms with E-state index in [4.69, 9.17) is 14.9 Å². The first kappa shape index (κ1) is 16.8. The lowest BCUT2D eigenvalue weighted by atomic mass is 9.75. The summed E-state index contributed by atoms with van der Waals surface area (Å²) in [5.41, 5.74) is 6.39. The molecule has 2 atom stereocenters. The Hall–Kier alpha value is -2.02. The second-order valence-corrected chi connectivity index (χ2v) is 7.49. The number of morpholine rings is 1. The first-order valence-corrected chi connectivity index (χ1v) is 8.31. The highest BCUT2D eigenvalue weighted by molar-refractivity contribution is 5.81. The van der Waals surface area contributed by atoms with Crippen molar-refractivity contribution in [1.29, 1.82) is 0 Å². The number of amides is 3. The molecule has 3 amide bonds. The van der Waals surface area contributed by atoms with Crippen LogP contribution >= 0.6 is 0 Å². The normalized spacial score (nSPS) is 25.9. The maximum atomic E-state index is 12.6. The largest absolute Gasteiger partial charge is 0.466 e. The molecule has 2 aliphatic rings. The lowest BCUT2D eigenvalue weighted by molar-refractivity contribution is -0.133. The smallest absolute Gasteiger partial charge is 0.318 e. The number of aryl methyl sites for hydroxylation is 1. The van der Waals surface area contributed by atoms with Gasteiger partial charge < -0.3 is 25.1 Å². The highest BCUT2D eigenvalue weighted by Gasteiger charge is 2.37. The molecule has 2 heterocycles. The molecule has 0 bridgehead atoms. The van der Waals surface area contributed by atoms with Crippen molar-refractivity contribution >= 4 is 11.9 Å². The summed E-state index contributed by atoms with van der Waals surface area (Å²) in [6.07, 6.45) is 0.969. The Labute approximate surface area is 141 Å². The van der Waals surface area contributed by atoms with Crippen molar-refractivity contribution in [2.45, 2.75) is 45.8 Å². The first-order valence-electron chi connectivity index (χ1n) is 8.31. The first-order chi connectivity index (χ1) is 11.2. The number of rotatable bonds is 2. The van der Waals surface area contributed by atoms with Crippen LogP contribution in [0.15, 0.2) is 10.5 Å². The van der Waals surface area contributed by atoms with Crippen LogP contribution in [0.3, 0.4) is 0 Å². The van der Waals surface area contributed by atoms with Gasteiger partial charge in [-0.1, -0.05) is 13.8 Å². The topological polar surface area (TPSA) is 97.8 Å². The van der Waals surface area contributed by atoms with Crippen LogP contribution in [0.5, 0.6) is 0 Å². The molecule has 1 aromatic heterocycles. The molecular formula is C17H25N3O4. The fraction of sp³-hybridized carbons (Fsp3) is 0.647. The van der Waals surface area contributed by atoms with Crippen LogP contribution in [0.2, 0.25) is 0 Å². The van der Waals surface area contributed by atoms with Crippen molar-refractivity contribution in [3.63, 3.8) is 0 Å². The third-order valence-electron chi connectivity index (χ3n) is 4.70. The molecule has 7 heteroatoms. The average Bonchev–Trinajstić information content (AvgIpc) is 2.86. The Morgan fingerprint density at radius 1 is 1.42 bits per heavy atom. The number of urea groups is 1. The van der Waals surface area contributed by atoms with Crippen LogP contribution < -0.4 is 11.1 Å². The van der Waals surface area contributed by atoms with Crippen LogP contribution in [-0.4, -0.2) is 42.6 Å². The molecule has 0 spiro atoms. The van der Waals surface area contributed by atoms with Crippen molar-refractivity contribution in [2.24, 2.45) is 11.1 Å². The number of ether oxygens (including phenoxy) is 1. The van der Waals surface area contributed by atoms with E-state index in [0.717, 1.165) is 29.9 Å². The van der Waals surface area contributed by atoms with Crippen LogP contribution in [-0.2, 0) is 16.0 Å². The van der Waals surface area contributed by atoms with E-state index in [0.29, 0.717) is 13.2 Å². The van der Waals surface area contributed by atoms with Gasteiger partial charge in [-0.25, -0.2) is 4.79 Å². The Balaban J connectivity index is 1.73. The molecule has 24 heavy (non-hydrogen) atoms. The zero-order valence-electron chi connectivity index (χ0n) is 14.4. The summed E-state index contributed by atoms with van der Waals surface area (Å²) in [5, 5.41) is 3.09. The highest BCUT2D eigenvalue weighted by atomic mass is 16.5. The minimum absolute atomic E-state index is 0.0516. The van der Waals surface area contributed by atoms with Crippen LogP contribution in [0.4, 0.5) is 4.79 Å². The molecule has 1 aliphatic heterocycles. The van der Waals surface area contributed by atoms with Crippen LogP contribution in [0.25, 0.3) is 0 Å². The second-order valence-electron chi connectivity index (χ2n) is 7.49. The fourth-order valence-electron chi connectivity index (χ4n) is 3.56. The van der Waals surface area contributed by atoms with E-state index < -0.39 is 12.0 Å². The van der Waals surface area contributed by atoms with E-state index in [9.17, 15) is 9.59 Å². The van der Waals surface area contributed by atoms with Gasteiger partial charge in [0.25, 0.3) is 0 Å². The van der Waals surface area contributed by atoms with Crippen molar-refractivity contribution < 1.29 is 18.7 Å². The number of furan rings is 1. The molecule has 7 nitrogen and oxygen atoms in total. The van der Waals surface area contributed by atoms with Crippen molar-refractivity contribution in [3.8, 4) is 0 Å². The summed E-state index contributed by atoms with van der Waals surface area (Å²) in [6, 6.07) is 1.71. The van der Waals surface area contributed by atoms with E-state index >= 15 is 0 Å². The van der Waals surface area contributed by atoms with E-state index in [1.165, 1.54) is 0 Å². The molecule has 1 fully saturated rings. The van der Waals surface area contributed by atoms with Gasteiger partial charge in [0.15, 0.2) is 6.10 Å². The minimum atomic E-state index is -0.737. The Bertz CT molecular complexity index is 652. The number of carbonyl (C=O) groups excluding carboxylic acids is 2. The molecule has 1 aliphatic carbocycles. The van der Waals surface area contributed by atoms with E-state index in [1.807, 2.05) is 13.0 Å². The number of hydrogen-bond acceptors (Lipinski definition) is 4. The Morgan fingerprint density at radius 2 is 2.17 bits per heavy atom. The summed E-state index contributed by atoms with van der Waals surface area (Å²) in [7, 11) is 0. The van der Waals surface area contributed by atoms with Gasteiger partial charge in [-0.15, -0.1) is 0 Å². The highest BCUT2D eigenvalue weighted by Crippen LogP contribution is 2.42. The summed E-state index contributed by atoms with van der Waals surface area (Å²) in [6.45, 7) is 7.21. The number of fused-ring (bicyclic) bond motifs is 1. The van der Waals surface area contributed by atoms with E-state index in [1.54, 1.807) is 4.90 Å². The maximum absolute atomic E-state index is 12.6. The standard InChI is InChI=1S/C17H25N3O4/c1-10-6-11-12(7-17(2,3)8-13(11)24-10)19-16(22)20-4-5-23-14(9-20)15(18)21/h6,12,14H,4-5,7-9H2,1-3H3,(H2,18,21)(H,19,22)/t12-,14-/m0/s1. The minimum Gasteiger partial charge on any atom is -0.466 e. The van der Waals surface area contributed by atoms with Crippen molar-refractivity contribution in [1.82, 2.24) is 10.2 Å². The molecule has 1 saturated heterocycles. The number of nitrogens with one attached hydrogen (secondary N) is 1. The molecule has 1 aromatic rings. The number of nitrogens with zero attached hydrogens (tertiary/aromatic N) is 1. The van der Waals surface area contributed by atoms with Gasteiger partial charge in [0.05, 0.1) is 19.2 Å². The van der Waals surface area contributed by atoms with Gasteiger partial charge >= 0.3 is 6.03 Å². The number of hydrogen-bond donors (Lipinski definition) is 2. The maximum Gasteiger partial charge on any atom is 0.318 e. The molecule has 0 saturated carbocycles. The Kier molecular flexibility index (Phi) is 4.29. The second kappa shape index (κ2) is 6.12. The molecule has 0 radical (unpaired) electrons. The van der Waals surface area contributed by atoms with Gasteiger partial charge in [-0.2, -0.15) is 0 Å². The molecule has 132 valence electrons. The quantitative estimate of drug-likeness (QED) is 0.855. The van der Waals surface area contributed by atoms with Crippen molar-refractivity contribution in [3.05, 3.63) is 23.2 Å². The molecule has 3 N–H and O–H groups in total. The molecule has 0 unspecified atom stereocenters.